The predicted octanol–water partition coefficient (Wildman–Crippen LogP) is 5.30. The molecule has 1 fully saturated rings. The third-order valence-corrected chi connectivity index (χ3v) is 7.52. The Hall–Kier alpha value is -3.49. The summed E-state index contributed by atoms with van der Waals surface area (Å²) in [6, 6.07) is 9.30. The number of hydrogen-bond donors (Lipinski definition) is 3. The number of nitrogens with zero attached hydrogens (tertiary/aromatic N) is 3. The second-order valence-electron chi connectivity index (χ2n) is 9.57. The largest absolute Gasteiger partial charge is 0.508 e. The number of aromatic hydroxyl groups is 1. The van der Waals surface area contributed by atoms with Gasteiger partial charge in [-0.1, -0.05) is 25.1 Å². The lowest BCUT2D eigenvalue weighted by atomic mass is 9.96. The summed E-state index contributed by atoms with van der Waals surface area (Å²) < 4.78 is 21.1. The molecule has 4 aromatic rings. The van der Waals surface area contributed by atoms with E-state index in [0.29, 0.717) is 40.4 Å². The molecule has 2 aliphatic heterocycles. The molecule has 6 rings (SSSR count). The van der Waals surface area contributed by atoms with E-state index in [0.717, 1.165) is 62.4 Å². The summed E-state index contributed by atoms with van der Waals surface area (Å²) in [5, 5.41) is 17.8. The Kier molecular flexibility index (Phi) is 6.07. The fourth-order valence-electron chi connectivity index (χ4n) is 5.49. The molecule has 4 heterocycles. The minimum atomic E-state index is -0.360. The van der Waals surface area contributed by atoms with E-state index in [4.69, 9.17) is 9.72 Å². The van der Waals surface area contributed by atoms with Gasteiger partial charge >= 0.3 is 0 Å². The molecule has 0 amide bonds. The lowest BCUT2D eigenvalue weighted by Gasteiger charge is -2.35. The van der Waals surface area contributed by atoms with Gasteiger partial charge in [0, 0.05) is 49.5 Å². The number of rotatable bonds is 5. The van der Waals surface area contributed by atoms with Gasteiger partial charge in [-0.15, -0.1) is 0 Å². The minimum absolute atomic E-state index is 0.180. The van der Waals surface area contributed by atoms with Crippen molar-refractivity contribution in [3.63, 3.8) is 0 Å². The number of hydrogen-bond acceptors (Lipinski definition) is 5. The highest BCUT2D eigenvalue weighted by atomic mass is 19.1. The second kappa shape index (κ2) is 9.52. The second-order valence-corrected chi connectivity index (χ2v) is 9.57. The van der Waals surface area contributed by atoms with Crippen LogP contribution in [0.1, 0.15) is 37.4 Å². The van der Waals surface area contributed by atoms with Crippen LogP contribution in [-0.2, 0) is 11.2 Å². The Labute approximate surface area is 209 Å². The number of aromatic amines is 2. The van der Waals surface area contributed by atoms with Crippen molar-refractivity contribution < 1.29 is 14.2 Å². The molecule has 0 spiro atoms. The molecule has 2 aromatic carbocycles. The Morgan fingerprint density at radius 3 is 2.78 bits per heavy atom. The first-order valence-electron chi connectivity index (χ1n) is 12.7. The van der Waals surface area contributed by atoms with Crippen molar-refractivity contribution in [2.45, 2.75) is 38.6 Å². The summed E-state index contributed by atoms with van der Waals surface area (Å²) in [6.45, 7) is 5.65. The number of benzene rings is 2. The van der Waals surface area contributed by atoms with Crippen LogP contribution in [0.3, 0.4) is 0 Å². The lowest BCUT2D eigenvalue weighted by Crippen LogP contribution is -2.41. The van der Waals surface area contributed by atoms with E-state index in [9.17, 15) is 5.11 Å². The van der Waals surface area contributed by atoms with E-state index in [1.807, 2.05) is 19.2 Å². The molecule has 2 aliphatic rings. The third-order valence-electron chi connectivity index (χ3n) is 7.52. The number of aryl methyl sites for hydroxylation is 1. The van der Waals surface area contributed by atoms with Crippen LogP contribution in [0.4, 0.5) is 4.39 Å². The van der Waals surface area contributed by atoms with Crippen LogP contribution in [0.5, 0.6) is 5.75 Å². The average Bonchev–Trinajstić information content (AvgIpc) is 3.58. The van der Waals surface area contributed by atoms with Gasteiger partial charge in [-0.3, -0.25) is 10.00 Å². The molecule has 0 atom stereocenters. The molecule has 0 bridgehead atoms. The smallest absolute Gasteiger partial charge is 0.159 e. The van der Waals surface area contributed by atoms with Crippen LogP contribution >= 0.6 is 0 Å². The summed E-state index contributed by atoms with van der Waals surface area (Å²) in [5.74, 6) is 0.440. The number of nitrogens with one attached hydrogen (secondary N) is 2. The number of phenols is 1. The third kappa shape index (κ3) is 4.10. The van der Waals surface area contributed by atoms with E-state index in [-0.39, 0.29) is 11.6 Å². The number of phenolic OH excluding ortho intramolecular Hbond substituents is 1. The fraction of sp³-hybridized carbons (Fsp3) is 0.357. The van der Waals surface area contributed by atoms with Crippen molar-refractivity contribution in [1.82, 2.24) is 25.1 Å². The molecule has 0 saturated carbocycles. The van der Waals surface area contributed by atoms with Gasteiger partial charge < -0.3 is 14.8 Å². The zero-order valence-electron chi connectivity index (χ0n) is 20.4. The number of fused-ring (bicyclic) bond motifs is 1. The first-order chi connectivity index (χ1) is 17.6. The molecule has 36 heavy (non-hydrogen) atoms. The SMILES string of the molecule is CCc1cc(O)ccc1-c1ccc2c(-c3nc(C4=CCN(C5CCOCC5)CC4)c[nH]3)n[nH]c2c1F. The van der Waals surface area contributed by atoms with Crippen LogP contribution in [-0.4, -0.2) is 62.5 Å². The highest BCUT2D eigenvalue weighted by Gasteiger charge is 2.24. The fourth-order valence-corrected chi connectivity index (χ4v) is 5.49. The van der Waals surface area contributed by atoms with Crippen molar-refractivity contribution in [2.75, 3.05) is 26.3 Å². The van der Waals surface area contributed by atoms with Crippen molar-refractivity contribution in [3.05, 3.63) is 59.7 Å². The number of aromatic nitrogens is 4. The zero-order chi connectivity index (χ0) is 24.6. The van der Waals surface area contributed by atoms with Crippen molar-refractivity contribution in [1.29, 1.82) is 0 Å². The van der Waals surface area contributed by atoms with E-state index >= 15 is 4.39 Å². The van der Waals surface area contributed by atoms with E-state index in [1.54, 1.807) is 24.3 Å². The van der Waals surface area contributed by atoms with Gasteiger partial charge in [0.25, 0.3) is 0 Å². The molecule has 0 unspecified atom stereocenters. The van der Waals surface area contributed by atoms with E-state index < -0.39 is 0 Å². The summed E-state index contributed by atoms with van der Waals surface area (Å²) in [5.41, 5.74) is 5.24. The van der Waals surface area contributed by atoms with Crippen molar-refractivity contribution in [2.24, 2.45) is 0 Å². The molecule has 0 radical (unpaired) electrons. The van der Waals surface area contributed by atoms with Crippen LogP contribution < -0.4 is 0 Å². The Morgan fingerprint density at radius 1 is 1.17 bits per heavy atom. The summed E-state index contributed by atoms with van der Waals surface area (Å²) in [4.78, 5) is 10.6. The van der Waals surface area contributed by atoms with Gasteiger partial charge in [0.05, 0.1) is 5.69 Å². The zero-order valence-corrected chi connectivity index (χ0v) is 20.4. The van der Waals surface area contributed by atoms with Gasteiger partial charge in [-0.25, -0.2) is 9.37 Å². The number of imidazole rings is 1. The summed E-state index contributed by atoms with van der Waals surface area (Å²) in [6.07, 6.45) is 8.04. The minimum Gasteiger partial charge on any atom is -0.508 e. The molecule has 186 valence electrons. The first-order valence-corrected chi connectivity index (χ1v) is 12.7. The molecule has 2 aromatic heterocycles. The molecule has 7 nitrogen and oxygen atoms in total. The van der Waals surface area contributed by atoms with Crippen molar-refractivity contribution >= 4 is 16.5 Å². The maximum atomic E-state index is 15.6. The quantitative estimate of drug-likeness (QED) is 0.356. The molecule has 1 saturated heterocycles. The van der Waals surface area contributed by atoms with Crippen molar-refractivity contribution in [3.8, 4) is 28.4 Å². The van der Waals surface area contributed by atoms with Crippen LogP contribution in [0.25, 0.3) is 39.1 Å². The Morgan fingerprint density at radius 2 is 2.00 bits per heavy atom. The molecular weight excluding hydrogens is 457 g/mol. The van der Waals surface area contributed by atoms with E-state index in [1.165, 1.54) is 5.57 Å². The Bertz CT molecular complexity index is 1430. The lowest BCUT2D eigenvalue weighted by molar-refractivity contribution is 0.0378. The molecule has 8 heteroatoms. The van der Waals surface area contributed by atoms with Crippen LogP contribution in [0, 0.1) is 5.82 Å². The topological polar surface area (TPSA) is 90.1 Å². The highest BCUT2D eigenvalue weighted by molar-refractivity contribution is 5.94. The van der Waals surface area contributed by atoms with Gasteiger partial charge in [-0.2, -0.15) is 5.10 Å². The number of halogens is 1. The maximum absolute atomic E-state index is 15.6. The first kappa shape index (κ1) is 22.9. The average molecular weight is 488 g/mol. The van der Waals surface area contributed by atoms with Crippen LogP contribution in [0.2, 0.25) is 0 Å². The predicted molar refractivity (Wildman–Crippen MR) is 138 cm³/mol. The standard InChI is InChI=1S/C28H30FN5O2/c1-2-17-15-20(35)3-4-21(17)22-5-6-23-26(25(22)29)32-33-27(23)28-30-16-24(31-28)18-7-11-34(12-8-18)19-9-13-36-14-10-19/h3-7,15-16,19,35H,2,8-14H2,1H3,(H,30,31)(H,32,33). The number of H-pyrrole nitrogens is 2. The summed E-state index contributed by atoms with van der Waals surface area (Å²) in [7, 11) is 0. The number of ether oxygens (including phenoxy) is 1. The van der Waals surface area contributed by atoms with Gasteiger partial charge in [0.15, 0.2) is 11.6 Å². The van der Waals surface area contributed by atoms with Gasteiger partial charge in [-0.05, 0) is 60.6 Å². The maximum Gasteiger partial charge on any atom is 0.159 e. The van der Waals surface area contributed by atoms with Gasteiger partial charge in [0.2, 0.25) is 0 Å². The Balaban J connectivity index is 1.27. The highest BCUT2D eigenvalue weighted by Crippen LogP contribution is 2.35. The van der Waals surface area contributed by atoms with Crippen LogP contribution in [0.15, 0.2) is 42.6 Å². The molecule has 3 N–H and O–H groups in total. The molecule has 0 aliphatic carbocycles. The monoisotopic (exact) mass is 487 g/mol. The molecular formula is C28H30FN5O2. The summed E-state index contributed by atoms with van der Waals surface area (Å²) >= 11 is 0. The normalized spacial score (nSPS) is 17.6. The van der Waals surface area contributed by atoms with Gasteiger partial charge in [0.1, 0.15) is 17.0 Å². The van der Waals surface area contributed by atoms with E-state index in [2.05, 4.69) is 26.2 Å².